The first kappa shape index (κ1) is 45.6. The van der Waals surface area contributed by atoms with Crippen molar-refractivity contribution < 1.29 is 32.7 Å². The zero-order chi connectivity index (χ0) is 43.9. The molecule has 5 N–H and O–H groups in total. The van der Waals surface area contributed by atoms with Gasteiger partial charge >= 0.3 is 0 Å². The van der Waals surface area contributed by atoms with E-state index in [1.807, 2.05) is 70.2 Å². The first-order chi connectivity index (χ1) is 29.5. The number of aliphatic hydroxyl groups is 2. The highest BCUT2D eigenvalue weighted by Gasteiger charge is 2.21. The van der Waals surface area contributed by atoms with Crippen LogP contribution in [-0.2, 0) is 10.1 Å². The highest BCUT2D eigenvalue weighted by atomic mass is 32.2. The van der Waals surface area contributed by atoms with Crippen LogP contribution in [0.15, 0.2) is 104 Å². The van der Waals surface area contributed by atoms with E-state index in [2.05, 4.69) is 40.9 Å². The molecule has 61 heavy (non-hydrogen) atoms. The van der Waals surface area contributed by atoms with Gasteiger partial charge in [-0.05, 0) is 70.2 Å². The SMILES string of the molecule is CCN(CC)c1cc(Nc2nc(Nc3cc(N(CC)CC)c(OC)cc3N=Nc3cccc(S(=O)(=O)O)c3)nc(N(CCO)CCO)n2)c(N=Nc2ccccc2)cc1OC. The second-order valence-corrected chi connectivity index (χ2v) is 14.5. The van der Waals surface area contributed by atoms with E-state index in [0.29, 0.717) is 60.4 Å². The Hall–Kier alpha value is -6.48. The van der Waals surface area contributed by atoms with Gasteiger partial charge in [0.15, 0.2) is 0 Å². The molecule has 324 valence electrons. The Kier molecular flexibility index (Phi) is 16.2. The number of methoxy groups -OCH3 is 2. The van der Waals surface area contributed by atoms with E-state index in [4.69, 9.17) is 24.4 Å². The van der Waals surface area contributed by atoms with Gasteiger partial charge in [0, 0.05) is 51.4 Å². The van der Waals surface area contributed by atoms with Crippen molar-refractivity contribution in [3.8, 4) is 11.5 Å². The summed E-state index contributed by atoms with van der Waals surface area (Å²) in [6, 6.07) is 21.9. The van der Waals surface area contributed by atoms with Crippen LogP contribution in [0.4, 0.5) is 63.3 Å². The molecule has 0 unspecified atom stereocenters. The monoisotopic (exact) mass is 856 g/mol. The lowest BCUT2D eigenvalue weighted by molar-refractivity contribution is 0.280. The van der Waals surface area contributed by atoms with Crippen molar-refractivity contribution in [2.45, 2.75) is 32.6 Å². The normalized spacial score (nSPS) is 11.6. The maximum absolute atomic E-state index is 11.9. The maximum atomic E-state index is 11.9. The molecule has 0 spiro atoms. The third-order valence-corrected chi connectivity index (χ3v) is 10.2. The third-order valence-electron chi connectivity index (χ3n) is 9.36. The number of hydrogen-bond donors (Lipinski definition) is 5. The van der Waals surface area contributed by atoms with Crippen LogP contribution < -0.4 is 34.8 Å². The first-order valence-corrected chi connectivity index (χ1v) is 21.1. The predicted octanol–water partition coefficient (Wildman–Crippen LogP) is 7.94. The number of nitrogens with zero attached hydrogens (tertiary/aromatic N) is 10. The van der Waals surface area contributed by atoms with E-state index in [0.717, 1.165) is 11.4 Å². The van der Waals surface area contributed by atoms with Gasteiger partial charge in [-0.25, -0.2) is 0 Å². The molecule has 1 heterocycles. The molecule has 0 atom stereocenters. The molecule has 0 radical (unpaired) electrons. The number of benzene rings is 4. The largest absolute Gasteiger partial charge is 0.494 e. The Bertz CT molecular complexity index is 2390. The molecule has 0 saturated carbocycles. The molecule has 0 saturated heterocycles. The summed E-state index contributed by atoms with van der Waals surface area (Å²) in [4.78, 5) is 19.7. The first-order valence-electron chi connectivity index (χ1n) is 19.7. The number of rotatable bonds is 22. The zero-order valence-electron chi connectivity index (χ0n) is 35.0. The Morgan fingerprint density at radius 2 is 1.08 bits per heavy atom. The van der Waals surface area contributed by atoms with E-state index in [1.54, 1.807) is 30.2 Å². The van der Waals surface area contributed by atoms with Crippen molar-refractivity contribution in [3.63, 3.8) is 0 Å². The molecule has 4 aromatic carbocycles. The number of azo groups is 2. The summed E-state index contributed by atoms with van der Waals surface area (Å²) < 4.78 is 44.9. The zero-order valence-corrected chi connectivity index (χ0v) is 35.8. The fourth-order valence-electron chi connectivity index (χ4n) is 6.27. The van der Waals surface area contributed by atoms with Gasteiger partial charge in [-0.3, -0.25) is 4.55 Å². The van der Waals surface area contributed by atoms with Crippen LogP contribution in [0.5, 0.6) is 11.5 Å². The van der Waals surface area contributed by atoms with Crippen molar-refractivity contribution in [3.05, 3.63) is 78.9 Å². The Morgan fingerprint density at radius 3 is 1.52 bits per heavy atom. The van der Waals surface area contributed by atoms with Crippen molar-refractivity contribution in [1.29, 1.82) is 0 Å². The standard InChI is InChI=1S/C41H52N12O7S/c1-7-51(8-2)35-24-31(33(26-37(35)59-5)49-47-28-15-12-11-13-16-28)42-39-44-40(46-41(45-39)53(19-21-54)20-22-55)43-32-25-36(52(9-3)10-4)38(60-6)27-34(32)50-48-29-17-14-18-30(23-29)61(56,57)58/h11-18,23-27,54-55H,7-10,19-22H2,1-6H3,(H,56,57,58)(H2,42,43,44,45,46). The number of anilines is 7. The van der Waals surface area contributed by atoms with E-state index in [-0.39, 0.29) is 60.4 Å². The van der Waals surface area contributed by atoms with E-state index in [1.165, 1.54) is 25.3 Å². The molecule has 0 aliphatic carbocycles. The van der Waals surface area contributed by atoms with Gasteiger partial charge in [0.05, 0.1) is 66.5 Å². The molecular formula is C41H52N12O7S. The topological polar surface area (TPSA) is 235 Å². The smallest absolute Gasteiger partial charge is 0.294 e. The van der Waals surface area contributed by atoms with Crippen LogP contribution in [0, 0.1) is 0 Å². The van der Waals surface area contributed by atoms with Crippen molar-refractivity contribution in [1.82, 2.24) is 15.0 Å². The highest BCUT2D eigenvalue weighted by molar-refractivity contribution is 7.85. The van der Waals surface area contributed by atoms with Gasteiger partial charge in [0.2, 0.25) is 17.8 Å². The molecule has 20 heteroatoms. The summed E-state index contributed by atoms with van der Waals surface area (Å²) in [5.74, 6) is 1.35. The summed E-state index contributed by atoms with van der Waals surface area (Å²) in [5, 5.41) is 44.4. The van der Waals surface area contributed by atoms with Crippen LogP contribution in [0.25, 0.3) is 0 Å². The lowest BCUT2D eigenvalue weighted by Crippen LogP contribution is -2.31. The van der Waals surface area contributed by atoms with Crippen molar-refractivity contribution in [2.24, 2.45) is 20.5 Å². The summed E-state index contributed by atoms with van der Waals surface area (Å²) in [7, 11) is -1.36. The van der Waals surface area contributed by atoms with Crippen LogP contribution in [0.2, 0.25) is 0 Å². The molecule has 0 aliphatic rings. The predicted molar refractivity (Wildman–Crippen MR) is 237 cm³/mol. The van der Waals surface area contributed by atoms with Gasteiger partial charge < -0.3 is 45.0 Å². The summed E-state index contributed by atoms with van der Waals surface area (Å²) in [6.07, 6.45) is 0. The van der Waals surface area contributed by atoms with Gasteiger partial charge in [0.25, 0.3) is 10.1 Å². The molecule has 0 fully saturated rings. The average Bonchev–Trinajstić information content (AvgIpc) is 3.26. The van der Waals surface area contributed by atoms with Crippen LogP contribution in [0.1, 0.15) is 27.7 Å². The lowest BCUT2D eigenvalue weighted by atomic mass is 10.2. The number of hydrogen-bond acceptors (Lipinski definition) is 18. The van der Waals surface area contributed by atoms with Crippen LogP contribution in [-0.4, -0.2) is 105 Å². The summed E-state index contributed by atoms with van der Waals surface area (Å²) in [6.45, 7) is 10.5. The minimum absolute atomic E-state index is 0.0544. The van der Waals surface area contributed by atoms with Gasteiger partial charge in [-0.1, -0.05) is 24.3 Å². The van der Waals surface area contributed by atoms with E-state index < -0.39 is 10.1 Å². The maximum Gasteiger partial charge on any atom is 0.294 e. The van der Waals surface area contributed by atoms with Gasteiger partial charge in [-0.2, -0.15) is 33.6 Å². The quantitative estimate of drug-likeness (QED) is 0.0328. The minimum atomic E-state index is -4.49. The highest BCUT2D eigenvalue weighted by Crippen LogP contribution is 2.42. The molecular weight excluding hydrogens is 805 g/mol. The molecule has 5 aromatic rings. The summed E-state index contributed by atoms with van der Waals surface area (Å²) >= 11 is 0. The number of ether oxygens (including phenoxy) is 2. The Morgan fingerprint density at radius 1 is 0.607 bits per heavy atom. The second kappa shape index (κ2) is 21.7. The second-order valence-electron chi connectivity index (χ2n) is 13.1. The third kappa shape index (κ3) is 11.8. The summed E-state index contributed by atoms with van der Waals surface area (Å²) in [5.41, 5.74) is 3.91. The van der Waals surface area contributed by atoms with Gasteiger partial charge in [0.1, 0.15) is 22.9 Å². The fraction of sp³-hybridized carbons (Fsp3) is 0.341. The van der Waals surface area contributed by atoms with Crippen LogP contribution >= 0.6 is 0 Å². The fourth-order valence-corrected chi connectivity index (χ4v) is 6.79. The molecule has 5 rings (SSSR count). The number of aliphatic hydroxyl groups excluding tert-OH is 2. The molecule has 0 amide bonds. The Labute approximate surface area is 355 Å². The average molecular weight is 857 g/mol. The van der Waals surface area contributed by atoms with E-state index >= 15 is 0 Å². The number of nitrogens with one attached hydrogen (secondary N) is 2. The Balaban J connectivity index is 1.69. The number of aromatic nitrogens is 3. The van der Waals surface area contributed by atoms with Crippen molar-refractivity contribution in [2.75, 3.05) is 92.0 Å². The molecule has 0 bridgehead atoms. The van der Waals surface area contributed by atoms with Gasteiger partial charge in [-0.15, -0.1) is 10.2 Å². The van der Waals surface area contributed by atoms with Crippen molar-refractivity contribution >= 4 is 73.5 Å². The lowest BCUT2D eigenvalue weighted by Gasteiger charge is -2.25. The minimum Gasteiger partial charge on any atom is -0.494 e. The van der Waals surface area contributed by atoms with Crippen LogP contribution in [0.3, 0.4) is 0 Å². The molecule has 1 aromatic heterocycles. The molecule has 19 nitrogen and oxygen atoms in total. The molecule has 0 aliphatic heterocycles. The van der Waals surface area contributed by atoms with E-state index in [9.17, 15) is 23.2 Å².